The highest BCUT2D eigenvalue weighted by molar-refractivity contribution is 6.19. The van der Waals surface area contributed by atoms with Crippen molar-refractivity contribution in [1.29, 1.82) is 0 Å². The fourth-order valence-electron chi connectivity index (χ4n) is 8.44. The van der Waals surface area contributed by atoms with Crippen molar-refractivity contribution in [3.8, 4) is 33.7 Å². The summed E-state index contributed by atoms with van der Waals surface area (Å²) in [4.78, 5) is 7.47. The zero-order valence-corrected chi connectivity index (χ0v) is 29.9. The quantitative estimate of drug-likeness (QED) is 0.173. The second-order valence-corrected chi connectivity index (χ2v) is 14.2. The van der Waals surface area contributed by atoms with Gasteiger partial charge in [-0.05, 0) is 81.2 Å². The lowest BCUT2D eigenvalue weighted by Crippen LogP contribution is -2.38. The Balaban J connectivity index is 1.03. The number of furan rings is 1. The van der Waals surface area contributed by atoms with E-state index in [2.05, 4.69) is 151 Å². The summed E-state index contributed by atoms with van der Waals surface area (Å²) in [5.41, 5.74) is 10.9. The molecule has 11 rings (SSSR count). The van der Waals surface area contributed by atoms with E-state index in [0.717, 1.165) is 61.8 Å². The molecule has 4 heteroatoms. The van der Waals surface area contributed by atoms with E-state index in [1.165, 1.54) is 38.0 Å². The van der Waals surface area contributed by atoms with Gasteiger partial charge in [0.25, 0.3) is 0 Å². The molecule has 1 atom stereocenters. The fraction of sp³-hybridized carbons (Fsp3) is 0.0392. The molecule has 0 bridgehead atoms. The van der Waals surface area contributed by atoms with Crippen LogP contribution in [0.15, 0.2) is 185 Å². The van der Waals surface area contributed by atoms with E-state index in [0.29, 0.717) is 5.89 Å². The molecule has 1 aliphatic rings. The highest BCUT2D eigenvalue weighted by Crippen LogP contribution is 2.42. The van der Waals surface area contributed by atoms with Gasteiger partial charge in [0, 0.05) is 33.5 Å². The second kappa shape index (κ2) is 12.8. The molecule has 10 aromatic rings. The van der Waals surface area contributed by atoms with Crippen LogP contribution in [0.4, 0.5) is 11.4 Å². The standard InChI is InChI=1S/C51H34N2O2/c1-3-12-33(13-4-1)42-18-9-10-21-45(42)53(39-28-29-41-37(32-39)23-22-34-14-7-8-17-40(34)41)38-26-24-35(25-27-38)43-19-11-20-44-48-46(54-50(43)44)30-31-47-49(48)52-51(55-47)36-15-5-2-6-16-36/h1-27,29-32,39H,28H2. The Bertz CT molecular complexity index is 3180. The number of anilines is 2. The predicted molar refractivity (Wildman–Crippen MR) is 227 cm³/mol. The molecule has 4 nitrogen and oxygen atoms in total. The minimum Gasteiger partial charge on any atom is -0.455 e. The van der Waals surface area contributed by atoms with Gasteiger partial charge in [0.15, 0.2) is 5.58 Å². The molecule has 55 heavy (non-hydrogen) atoms. The van der Waals surface area contributed by atoms with Crippen LogP contribution in [0.3, 0.4) is 0 Å². The third-order valence-electron chi connectivity index (χ3n) is 11.0. The maximum Gasteiger partial charge on any atom is 0.227 e. The van der Waals surface area contributed by atoms with E-state index in [1.807, 2.05) is 42.5 Å². The van der Waals surface area contributed by atoms with Crippen molar-refractivity contribution >= 4 is 67.3 Å². The molecular formula is C51H34N2O2. The lowest BCUT2D eigenvalue weighted by molar-refractivity contribution is 0.619. The van der Waals surface area contributed by atoms with E-state index in [1.54, 1.807) is 0 Å². The first-order valence-corrected chi connectivity index (χ1v) is 18.8. The normalized spacial score (nSPS) is 13.9. The summed E-state index contributed by atoms with van der Waals surface area (Å²) >= 11 is 0. The van der Waals surface area contributed by atoms with E-state index in [-0.39, 0.29) is 6.04 Å². The Morgan fingerprint density at radius 2 is 1.22 bits per heavy atom. The molecule has 0 amide bonds. The number of para-hydroxylation sites is 2. The van der Waals surface area contributed by atoms with Gasteiger partial charge in [-0.25, -0.2) is 4.98 Å². The average molecular weight is 707 g/mol. The molecule has 0 N–H and O–H groups in total. The Morgan fingerprint density at radius 3 is 2.07 bits per heavy atom. The topological polar surface area (TPSA) is 42.4 Å². The minimum absolute atomic E-state index is 0.105. The highest BCUT2D eigenvalue weighted by Gasteiger charge is 2.24. The monoisotopic (exact) mass is 706 g/mol. The van der Waals surface area contributed by atoms with Gasteiger partial charge in [0.1, 0.15) is 16.7 Å². The summed E-state index contributed by atoms with van der Waals surface area (Å²) in [6.07, 6.45) is 5.75. The first-order chi connectivity index (χ1) is 27.3. The molecule has 0 saturated heterocycles. The van der Waals surface area contributed by atoms with E-state index in [9.17, 15) is 0 Å². The van der Waals surface area contributed by atoms with Gasteiger partial charge in [-0.15, -0.1) is 0 Å². The number of fused-ring (bicyclic) bond motifs is 8. The number of hydrogen-bond acceptors (Lipinski definition) is 4. The van der Waals surface area contributed by atoms with E-state index >= 15 is 0 Å². The van der Waals surface area contributed by atoms with Crippen LogP contribution >= 0.6 is 0 Å². The molecule has 0 aliphatic heterocycles. The summed E-state index contributed by atoms with van der Waals surface area (Å²) in [6.45, 7) is 0. The Labute approximate surface area is 317 Å². The molecule has 0 radical (unpaired) electrons. The van der Waals surface area contributed by atoms with Crippen LogP contribution in [-0.2, 0) is 0 Å². The zero-order valence-electron chi connectivity index (χ0n) is 29.9. The van der Waals surface area contributed by atoms with Crippen molar-refractivity contribution in [3.05, 3.63) is 186 Å². The maximum atomic E-state index is 6.63. The number of oxazole rings is 1. The van der Waals surface area contributed by atoms with Gasteiger partial charge in [0.05, 0.1) is 11.4 Å². The van der Waals surface area contributed by atoms with Gasteiger partial charge in [-0.1, -0.05) is 146 Å². The lowest BCUT2D eigenvalue weighted by atomic mass is 9.95. The van der Waals surface area contributed by atoms with Crippen molar-refractivity contribution in [3.63, 3.8) is 0 Å². The summed E-state index contributed by atoms with van der Waals surface area (Å²) < 4.78 is 12.9. The van der Waals surface area contributed by atoms with Gasteiger partial charge < -0.3 is 13.7 Å². The van der Waals surface area contributed by atoms with Crippen molar-refractivity contribution in [2.24, 2.45) is 0 Å². The predicted octanol–water partition coefficient (Wildman–Crippen LogP) is 12.1. The van der Waals surface area contributed by atoms with E-state index in [4.69, 9.17) is 13.8 Å². The van der Waals surface area contributed by atoms with Gasteiger partial charge >= 0.3 is 0 Å². The van der Waals surface area contributed by atoms with Crippen molar-refractivity contribution in [2.45, 2.75) is 12.5 Å². The summed E-state index contributed by atoms with van der Waals surface area (Å²) in [7, 11) is 0. The Hall–Kier alpha value is -7.17. The number of hydrogen-bond donors (Lipinski definition) is 0. The second-order valence-electron chi connectivity index (χ2n) is 14.2. The van der Waals surface area contributed by atoms with Crippen molar-refractivity contribution < 1.29 is 8.83 Å². The van der Waals surface area contributed by atoms with Crippen LogP contribution in [0.25, 0.3) is 89.7 Å². The molecule has 1 unspecified atom stereocenters. The smallest absolute Gasteiger partial charge is 0.227 e. The van der Waals surface area contributed by atoms with Crippen LogP contribution in [-0.4, -0.2) is 11.0 Å². The molecule has 0 saturated carbocycles. The maximum absolute atomic E-state index is 6.63. The first kappa shape index (κ1) is 31.4. The average Bonchev–Trinajstić information content (AvgIpc) is 3.87. The Morgan fingerprint density at radius 1 is 0.527 bits per heavy atom. The van der Waals surface area contributed by atoms with Crippen LogP contribution in [0, 0.1) is 0 Å². The van der Waals surface area contributed by atoms with E-state index < -0.39 is 0 Å². The highest BCUT2D eigenvalue weighted by atomic mass is 16.4. The molecule has 2 aromatic heterocycles. The number of aromatic nitrogens is 1. The lowest BCUT2D eigenvalue weighted by Gasteiger charge is -2.34. The Kier molecular flexibility index (Phi) is 7.27. The fourth-order valence-corrected chi connectivity index (χ4v) is 8.44. The number of rotatable bonds is 6. The van der Waals surface area contributed by atoms with Crippen LogP contribution in [0.1, 0.15) is 6.42 Å². The first-order valence-electron chi connectivity index (χ1n) is 18.8. The zero-order chi connectivity index (χ0) is 36.3. The number of nitrogens with zero attached hydrogens (tertiary/aromatic N) is 2. The SMILES string of the molecule is C1=c2ccc3ccccc3c2=CCC1N(c1ccc(-c2cccc3c2oc2ccc4oc(-c5ccccc5)nc4c23)cc1)c1ccccc1-c1ccccc1. The number of benzene rings is 8. The molecular weight excluding hydrogens is 673 g/mol. The van der Waals surface area contributed by atoms with Gasteiger partial charge in [-0.2, -0.15) is 0 Å². The van der Waals surface area contributed by atoms with Crippen molar-refractivity contribution in [1.82, 2.24) is 4.98 Å². The van der Waals surface area contributed by atoms with Crippen molar-refractivity contribution in [2.75, 3.05) is 4.90 Å². The third kappa shape index (κ3) is 5.25. The minimum atomic E-state index is 0.105. The van der Waals surface area contributed by atoms with Crippen LogP contribution in [0.5, 0.6) is 0 Å². The molecule has 8 aromatic carbocycles. The van der Waals surface area contributed by atoms with Gasteiger partial charge in [0.2, 0.25) is 5.89 Å². The largest absolute Gasteiger partial charge is 0.455 e. The van der Waals surface area contributed by atoms with Crippen LogP contribution < -0.4 is 15.3 Å². The summed E-state index contributed by atoms with van der Waals surface area (Å²) in [5.74, 6) is 0.604. The molecule has 1 aliphatic carbocycles. The summed E-state index contributed by atoms with van der Waals surface area (Å²) in [6, 6.07) is 62.1. The molecule has 0 spiro atoms. The molecule has 260 valence electrons. The molecule has 0 fully saturated rings. The molecule has 2 heterocycles. The van der Waals surface area contributed by atoms with Gasteiger partial charge in [-0.3, -0.25) is 0 Å². The third-order valence-corrected chi connectivity index (χ3v) is 11.0. The van der Waals surface area contributed by atoms with Crippen LogP contribution in [0.2, 0.25) is 0 Å². The summed E-state index contributed by atoms with van der Waals surface area (Å²) in [5, 5.41) is 7.15.